The smallest absolute Gasteiger partial charge is 0.261 e. The number of anilines is 1. The first-order valence-corrected chi connectivity index (χ1v) is 11.4. The van der Waals surface area contributed by atoms with Crippen LogP contribution in [0.2, 0.25) is 0 Å². The fraction of sp³-hybridized carbons (Fsp3) is 0.409. The van der Waals surface area contributed by atoms with Crippen molar-refractivity contribution < 1.29 is 27.4 Å². The molecule has 0 fully saturated rings. The number of hydrogen-bond donors (Lipinski definition) is 1. The minimum atomic E-state index is -3.97. The van der Waals surface area contributed by atoms with Crippen LogP contribution < -0.4 is 18.9 Å². The van der Waals surface area contributed by atoms with Crippen molar-refractivity contribution in [3.63, 3.8) is 0 Å². The average molecular weight is 451 g/mol. The third-order valence-corrected chi connectivity index (χ3v) is 5.81. The van der Waals surface area contributed by atoms with Crippen LogP contribution in [0.3, 0.4) is 0 Å². The van der Waals surface area contributed by atoms with Crippen LogP contribution in [-0.4, -0.2) is 53.6 Å². The zero-order chi connectivity index (χ0) is 23.2. The lowest BCUT2D eigenvalue weighted by molar-refractivity contribution is 0.0780. The second-order valence-electron chi connectivity index (χ2n) is 7.34. The molecule has 1 amide bonds. The summed E-state index contributed by atoms with van der Waals surface area (Å²) in [5, 5.41) is 0. The second-order valence-corrected chi connectivity index (χ2v) is 9.02. The lowest BCUT2D eigenvalue weighted by atomic mass is 10.1. The number of rotatable bonds is 10. The van der Waals surface area contributed by atoms with Crippen molar-refractivity contribution in [3.05, 3.63) is 42.0 Å². The molecule has 0 bridgehead atoms. The highest BCUT2D eigenvalue weighted by atomic mass is 32.2. The maximum absolute atomic E-state index is 13.1. The van der Waals surface area contributed by atoms with Gasteiger partial charge in [-0.25, -0.2) is 8.42 Å². The van der Waals surface area contributed by atoms with Gasteiger partial charge >= 0.3 is 0 Å². The summed E-state index contributed by atoms with van der Waals surface area (Å²) < 4.78 is 44.5. The fourth-order valence-electron chi connectivity index (χ4n) is 3.06. The van der Waals surface area contributed by atoms with E-state index in [9.17, 15) is 13.2 Å². The Hall–Kier alpha value is -2.94. The number of nitrogens with zero attached hydrogens (tertiary/aromatic N) is 1. The molecule has 0 aliphatic rings. The maximum Gasteiger partial charge on any atom is 0.261 e. The predicted molar refractivity (Wildman–Crippen MR) is 120 cm³/mol. The molecule has 0 saturated heterocycles. The monoisotopic (exact) mass is 450 g/mol. The molecule has 0 atom stereocenters. The third kappa shape index (κ3) is 6.04. The highest BCUT2D eigenvalue weighted by molar-refractivity contribution is 7.92. The standard InChI is InChI=1S/C22H30N2O6S/c1-7-30-16-8-10-17(11-9-16)31(26,27)23-19-13-21(29-6)20(28-5)12-18(19)22(25)24(4)14-15(2)3/h8-13,15,23H,7,14H2,1-6H3. The molecule has 9 heteroatoms. The summed E-state index contributed by atoms with van der Waals surface area (Å²) in [7, 11) is 0.595. The zero-order valence-corrected chi connectivity index (χ0v) is 19.6. The summed E-state index contributed by atoms with van der Waals surface area (Å²) in [6.07, 6.45) is 0. The molecule has 2 rings (SSSR count). The number of methoxy groups -OCH3 is 2. The minimum Gasteiger partial charge on any atom is -0.494 e. The first kappa shape index (κ1) is 24.3. The van der Waals surface area contributed by atoms with E-state index in [-0.39, 0.29) is 28.0 Å². The van der Waals surface area contributed by atoms with Gasteiger partial charge in [-0.1, -0.05) is 13.8 Å². The van der Waals surface area contributed by atoms with Crippen LogP contribution in [0.25, 0.3) is 0 Å². The first-order chi connectivity index (χ1) is 14.6. The summed E-state index contributed by atoms with van der Waals surface area (Å²) in [6.45, 7) is 6.82. The Morgan fingerprint density at radius 2 is 1.65 bits per heavy atom. The molecule has 1 N–H and O–H groups in total. The molecule has 2 aromatic carbocycles. The molecule has 2 aromatic rings. The summed E-state index contributed by atoms with van der Waals surface area (Å²) in [5.74, 6) is 1.11. The summed E-state index contributed by atoms with van der Waals surface area (Å²) in [4.78, 5) is 14.7. The Balaban J connectivity index is 2.48. The van der Waals surface area contributed by atoms with E-state index in [1.807, 2.05) is 20.8 Å². The quantitative estimate of drug-likeness (QED) is 0.594. The lowest BCUT2D eigenvalue weighted by Crippen LogP contribution is -2.31. The van der Waals surface area contributed by atoms with Crippen LogP contribution in [0, 0.1) is 5.92 Å². The molecular weight excluding hydrogens is 420 g/mol. The Labute approximate surface area is 184 Å². The highest BCUT2D eigenvalue weighted by Crippen LogP contribution is 2.35. The number of hydrogen-bond acceptors (Lipinski definition) is 6. The van der Waals surface area contributed by atoms with Crippen molar-refractivity contribution in [2.75, 3.05) is 39.1 Å². The summed E-state index contributed by atoms with van der Waals surface area (Å²) in [5.41, 5.74) is 0.266. The van der Waals surface area contributed by atoms with Crippen molar-refractivity contribution in [3.8, 4) is 17.2 Å². The molecule has 0 spiro atoms. The molecule has 0 aromatic heterocycles. The van der Waals surface area contributed by atoms with Crippen LogP contribution in [-0.2, 0) is 10.0 Å². The summed E-state index contributed by atoms with van der Waals surface area (Å²) >= 11 is 0. The van der Waals surface area contributed by atoms with Gasteiger partial charge in [0.2, 0.25) is 0 Å². The third-order valence-electron chi connectivity index (χ3n) is 4.43. The van der Waals surface area contributed by atoms with Gasteiger partial charge in [0, 0.05) is 19.7 Å². The van der Waals surface area contributed by atoms with Crippen molar-refractivity contribution in [1.29, 1.82) is 0 Å². The fourth-order valence-corrected chi connectivity index (χ4v) is 4.13. The number of carbonyl (C=O) groups excluding carboxylic acids is 1. The largest absolute Gasteiger partial charge is 0.494 e. The maximum atomic E-state index is 13.1. The number of amides is 1. The van der Waals surface area contributed by atoms with E-state index >= 15 is 0 Å². The predicted octanol–water partition coefficient (Wildman–Crippen LogP) is 3.63. The van der Waals surface area contributed by atoms with Gasteiger partial charge in [0.05, 0.1) is 37.0 Å². The van der Waals surface area contributed by atoms with Gasteiger partial charge in [0.15, 0.2) is 11.5 Å². The van der Waals surface area contributed by atoms with Crippen molar-refractivity contribution in [1.82, 2.24) is 4.90 Å². The Morgan fingerprint density at radius 1 is 1.06 bits per heavy atom. The van der Waals surface area contributed by atoms with Crippen LogP contribution in [0.15, 0.2) is 41.3 Å². The normalized spacial score (nSPS) is 11.2. The van der Waals surface area contributed by atoms with E-state index in [1.54, 1.807) is 24.1 Å². The molecule has 0 unspecified atom stereocenters. The molecular formula is C22H30N2O6S. The number of ether oxygens (including phenoxy) is 3. The SMILES string of the molecule is CCOc1ccc(S(=O)(=O)Nc2cc(OC)c(OC)cc2C(=O)N(C)CC(C)C)cc1. The minimum absolute atomic E-state index is 0.0414. The van der Waals surface area contributed by atoms with Crippen molar-refractivity contribution in [2.24, 2.45) is 5.92 Å². The molecule has 8 nitrogen and oxygen atoms in total. The summed E-state index contributed by atoms with van der Waals surface area (Å²) in [6, 6.07) is 8.97. The van der Waals surface area contributed by atoms with Gasteiger partial charge in [-0.2, -0.15) is 0 Å². The van der Waals surface area contributed by atoms with Gasteiger partial charge in [-0.3, -0.25) is 9.52 Å². The van der Waals surface area contributed by atoms with Gasteiger partial charge in [0.1, 0.15) is 5.75 Å². The van der Waals surface area contributed by atoms with E-state index in [2.05, 4.69) is 4.72 Å². The van der Waals surface area contributed by atoms with Gasteiger partial charge in [0.25, 0.3) is 15.9 Å². The van der Waals surface area contributed by atoms with E-state index in [0.29, 0.717) is 30.4 Å². The molecule has 0 aliphatic carbocycles. The molecule has 0 heterocycles. The lowest BCUT2D eigenvalue weighted by Gasteiger charge is -2.22. The van der Waals surface area contributed by atoms with Gasteiger partial charge in [-0.15, -0.1) is 0 Å². The van der Waals surface area contributed by atoms with E-state index < -0.39 is 10.0 Å². The Bertz CT molecular complexity index is 1000. The molecule has 0 radical (unpaired) electrons. The van der Waals surface area contributed by atoms with E-state index in [4.69, 9.17) is 14.2 Å². The average Bonchev–Trinajstić information content (AvgIpc) is 2.72. The topological polar surface area (TPSA) is 94.2 Å². The van der Waals surface area contributed by atoms with E-state index in [1.165, 1.54) is 38.5 Å². The molecule has 0 aliphatic heterocycles. The zero-order valence-electron chi connectivity index (χ0n) is 18.8. The molecule has 170 valence electrons. The Kier molecular flexibility index (Phi) is 8.15. The number of nitrogens with one attached hydrogen (secondary N) is 1. The second kappa shape index (κ2) is 10.4. The Morgan fingerprint density at radius 3 is 2.16 bits per heavy atom. The van der Waals surface area contributed by atoms with Crippen LogP contribution in [0.1, 0.15) is 31.1 Å². The van der Waals surface area contributed by atoms with Gasteiger partial charge in [-0.05, 0) is 43.2 Å². The van der Waals surface area contributed by atoms with Crippen molar-refractivity contribution >= 4 is 21.6 Å². The molecule has 0 saturated carbocycles. The first-order valence-electron chi connectivity index (χ1n) is 9.90. The number of benzene rings is 2. The number of sulfonamides is 1. The van der Waals surface area contributed by atoms with Crippen LogP contribution >= 0.6 is 0 Å². The van der Waals surface area contributed by atoms with Crippen LogP contribution in [0.4, 0.5) is 5.69 Å². The van der Waals surface area contributed by atoms with Crippen LogP contribution in [0.5, 0.6) is 17.2 Å². The highest BCUT2D eigenvalue weighted by Gasteiger charge is 2.24. The number of carbonyl (C=O) groups is 1. The van der Waals surface area contributed by atoms with Gasteiger partial charge < -0.3 is 19.1 Å². The van der Waals surface area contributed by atoms with E-state index in [0.717, 1.165) is 0 Å². The van der Waals surface area contributed by atoms with Crippen molar-refractivity contribution in [2.45, 2.75) is 25.7 Å². The molecule has 31 heavy (non-hydrogen) atoms.